The summed E-state index contributed by atoms with van der Waals surface area (Å²) in [5.41, 5.74) is 3.83. The topological polar surface area (TPSA) is 68.8 Å². The lowest BCUT2D eigenvalue weighted by Crippen LogP contribution is -2.66. The Hall–Kier alpha value is -2.90. The molecule has 2 aliphatic heterocycles. The van der Waals surface area contributed by atoms with Gasteiger partial charge in [0, 0.05) is 60.2 Å². The summed E-state index contributed by atoms with van der Waals surface area (Å²) in [5.74, 6) is 0.785. The molecule has 1 saturated carbocycles. The molecule has 6 nitrogen and oxygen atoms in total. The van der Waals surface area contributed by atoms with Crippen LogP contribution in [0.15, 0.2) is 42.5 Å². The van der Waals surface area contributed by atoms with Gasteiger partial charge in [0.2, 0.25) is 5.91 Å². The summed E-state index contributed by atoms with van der Waals surface area (Å²) >= 11 is 0. The van der Waals surface area contributed by atoms with Gasteiger partial charge in [-0.05, 0) is 48.2 Å². The van der Waals surface area contributed by atoms with Gasteiger partial charge in [-0.15, -0.1) is 0 Å². The molecule has 0 radical (unpaired) electrons. The molecule has 1 saturated heterocycles. The first-order chi connectivity index (χ1) is 16.0. The number of aliphatic hydroxyl groups excluding tert-OH is 1. The number of nitrogens with one attached hydrogen (secondary N) is 1. The molecule has 3 aliphatic rings. The van der Waals surface area contributed by atoms with Gasteiger partial charge in [0.1, 0.15) is 11.6 Å². The van der Waals surface area contributed by atoms with E-state index in [2.05, 4.69) is 16.0 Å². The molecule has 1 amide bonds. The van der Waals surface area contributed by atoms with Crippen molar-refractivity contribution in [1.82, 2.24) is 14.8 Å². The van der Waals surface area contributed by atoms with E-state index in [1.165, 1.54) is 11.6 Å². The second-order valence-corrected chi connectivity index (χ2v) is 9.82. The third-order valence-corrected chi connectivity index (χ3v) is 7.48. The van der Waals surface area contributed by atoms with E-state index >= 15 is 0 Å². The fraction of sp³-hybridized carbons (Fsp3) is 0.423. The average Bonchev–Trinajstić information content (AvgIpc) is 3.57. The number of likely N-dealkylation sites (tertiary alicyclic amines) is 1. The zero-order valence-electron chi connectivity index (χ0n) is 18.7. The van der Waals surface area contributed by atoms with E-state index in [-0.39, 0.29) is 35.7 Å². The van der Waals surface area contributed by atoms with Crippen LogP contribution in [-0.2, 0) is 16.8 Å². The number of rotatable bonds is 5. The molecular weight excluding hydrogens is 421 g/mol. The molecule has 3 aromatic rings. The Balaban J connectivity index is 1.39. The largest absolute Gasteiger partial charge is 0.497 e. The number of aromatic amines is 1. The number of methoxy groups -OCH3 is 1. The quantitative estimate of drug-likeness (QED) is 0.627. The lowest BCUT2D eigenvalue weighted by molar-refractivity contribution is -0.140. The van der Waals surface area contributed by atoms with Crippen LogP contribution in [0, 0.1) is 11.7 Å². The molecule has 0 bridgehead atoms. The van der Waals surface area contributed by atoms with E-state index in [1.807, 2.05) is 23.1 Å². The summed E-state index contributed by atoms with van der Waals surface area (Å²) in [6.07, 6.45) is 1.87. The van der Waals surface area contributed by atoms with Crippen LogP contribution in [0.5, 0.6) is 5.75 Å². The van der Waals surface area contributed by atoms with Crippen molar-refractivity contribution in [2.24, 2.45) is 5.92 Å². The fourth-order valence-electron chi connectivity index (χ4n) is 5.88. The third-order valence-electron chi connectivity index (χ3n) is 7.48. The maximum atomic E-state index is 13.7. The Morgan fingerprint density at radius 2 is 2.03 bits per heavy atom. The van der Waals surface area contributed by atoms with Gasteiger partial charge in [-0.1, -0.05) is 12.1 Å². The Morgan fingerprint density at radius 1 is 1.21 bits per heavy atom. The zero-order chi connectivity index (χ0) is 22.7. The van der Waals surface area contributed by atoms with Gasteiger partial charge < -0.3 is 19.7 Å². The van der Waals surface area contributed by atoms with Gasteiger partial charge >= 0.3 is 0 Å². The third kappa shape index (κ3) is 3.33. The Kier molecular flexibility index (Phi) is 4.74. The molecule has 2 N–H and O–H groups in total. The molecule has 3 heterocycles. The van der Waals surface area contributed by atoms with E-state index in [9.17, 15) is 14.3 Å². The number of fused-ring (bicyclic) bond motifs is 4. The number of aliphatic hydroxyl groups is 1. The predicted octanol–water partition coefficient (Wildman–Crippen LogP) is 3.35. The first-order valence-corrected chi connectivity index (χ1v) is 11.6. The van der Waals surface area contributed by atoms with Gasteiger partial charge in [-0.25, -0.2) is 4.39 Å². The average molecular weight is 450 g/mol. The van der Waals surface area contributed by atoms with Crippen LogP contribution in [0.25, 0.3) is 10.9 Å². The Labute approximate surface area is 191 Å². The van der Waals surface area contributed by atoms with Crippen LogP contribution >= 0.6 is 0 Å². The highest BCUT2D eigenvalue weighted by atomic mass is 19.1. The van der Waals surface area contributed by atoms with Crippen LogP contribution < -0.4 is 4.74 Å². The SMILES string of the molecule is COc1ccc2c3c([nH]c2c1)[C@H](CO)N(C(=O)C1CC1)CC31CN(Cc2cccc(F)c2)C1. The van der Waals surface area contributed by atoms with Crippen LogP contribution in [0.4, 0.5) is 4.39 Å². The van der Waals surface area contributed by atoms with Gasteiger partial charge in [0.05, 0.1) is 19.8 Å². The number of aromatic nitrogens is 1. The molecule has 2 aromatic carbocycles. The van der Waals surface area contributed by atoms with Gasteiger partial charge in [-0.3, -0.25) is 9.69 Å². The number of halogens is 1. The van der Waals surface area contributed by atoms with Gasteiger partial charge in [-0.2, -0.15) is 0 Å². The summed E-state index contributed by atoms with van der Waals surface area (Å²) in [6.45, 7) is 2.72. The van der Waals surface area contributed by atoms with E-state index < -0.39 is 0 Å². The van der Waals surface area contributed by atoms with Gasteiger partial charge in [0.15, 0.2) is 0 Å². The second-order valence-electron chi connectivity index (χ2n) is 9.82. The molecule has 7 heteroatoms. The molecule has 1 aliphatic carbocycles. The van der Waals surface area contributed by atoms with Crippen molar-refractivity contribution in [3.8, 4) is 5.75 Å². The number of hydrogen-bond donors (Lipinski definition) is 2. The number of ether oxygens (including phenoxy) is 1. The summed E-state index contributed by atoms with van der Waals surface area (Å²) in [4.78, 5) is 21.0. The number of nitrogens with zero attached hydrogens (tertiary/aromatic N) is 2. The molecule has 1 aromatic heterocycles. The minimum absolute atomic E-state index is 0.0885. The zero-order valence-corrected chi connectivity index (χ0v) is 18.7. The van der Waals surface area contributed by atoms with E-state index in [1.54, 1.807) is 19.2 Å². The molecular formula is C26H28FN3O3. The molecule has 1 atom stereocenters. The molecule has 33 heavy (non-hydrogen) atoms. The van der Waals surface area contributed by atoms with Crippen LogP contribution in [-0.4, -0.2) is 59.1 Å². The van der Waals surface area contributed by atoms with Crippen molar-refractivity contribution < 1.29 is 19.0 Å². The van der Waals surface area contributed by atoms with Gasteiger partial charge in [0.25, 0.3) is 0 Å². The first-order valence-electron chi connectivity index (χ1n) is 11.6. The smallest absolute Gasteiger partial charge is 0.226 e. The predicted molar refractivity (Wildman–Crippen MR) is 122 cm³/mol. The number of carbonyl (C=O) groups excluding carboxylic acids is 1. The Morgan fingerprint density at radius 3 is 2.73 bits per heavy atom. The van der Waals surface area contributed by atoms with Crippen molar-refractivity contribution >= 4 is 16.8 Å². The lowest BCUT2D eigenvalue weighted by atomic mass is 9.68. The number of H-pyrrole nitrogens is 1. The maximum Gasteiger partial charge on any atom is 0.226 e. The highest BCUT2D eigenvalue weighted by Gasteiger charge is 2.54. The minimum atomic E-state index is -0.366. The second kappa shape index (κ2) is 7.57. The monoisotopic (exact) mass is 449 g/mol. The fourth-order valence-corrected chi connectivity index (χ4v) is 5.88. The standard InChI is InChI=1S/C26H28FN3O3/c1-33-19-7-8-20-21(10-19)28-24-22(12-31)30(25(32)17-5-6-17)15-26(23(20)24)13-29(14-26)11-16-3-2-4-18(27)9-16/h2-4,7-10,17,22,28,31H,5-6,11-15H2,1H3/t22-/m0/s1. The van der Waals surface area contributed by atoms with E-state index in [0.29, 0.717) is 13.1 Å². The van der Waals surface area contributed by atoms with Crippen molar-refractivity contribution in [2.45, 2.75) is 30.8 Å². The highest BCUT2D eigenvalue weighted by molar-refractivity contribution is 5.89. The maximum absolute atomic E-state index is 13.7. The summed E-state index contributed by atoms with van der Waals surface area (Å²) < 4.78 is 19.1. The van der Waals surface area contributed by atoms with E-state index in [0.717, 1.165) is 53.8 Å². The normalized spacial score (nSPS) is 21.8. The summed E-state index contributed by atoms with van der Waals surface area (Å²) in [5, 5.41) is 11.5. The molecule has 6 rings (SSSR count). The first kappa shape index (κ1) is 20.7. The molecule has 1 spiro atoms. The minimum Gasteiger partial charge on any atom is -0.497 e. The lowest BCUT2D eigenvalue weighted by Gasteiger charge is -2.56. The number of benzene rings is 2. The van der Waals surface area contributed by atoms with Crippen molar-refractivity contribution in [3.63, 3.8) is 0 Å². The molecule has 2 fully saturated rings. The van der Waals surface area contributed by atoms with Crippen LogP contribution in [0.1, 0.15) is 35.7 Å². The number of amides is 1. The van der Waals surface area contributed by atoms with Crippen LogP contribution in [0.3, 0.4) is 0 Å². The Bertz CT molecular complexity index is 1230. The van der Waals surface area contributed by atoms with Crippen molar-refractivity contribution in [2.75, 3.05) is 33.4 Å². The summed E-state index contributed by atoms with van der Waals surface area (Å²) in [6, 6.07) is 12.4. The van der Waals surface area contributed by atoms with E-state index in [4.69, 9.17) is 4.74 Å². The number of hydrogen-bond acceptors (Lipinski definition) is 4. The van der Waals surface area contributed by atoms with Crippen LogP contribution in [0.2, 0.25) is 0 Å². The highest BCUT2D eigenvalue weighted by Crippen LogP contribution is 2.50. The summed E-state index contributed by atoms with van der Waals surface area (Å²) in [7, 11) is 1.65. The van der Waals surface area contributed by atoms with Crippen molar-refractivity contribution in [1.29, 1.82) is 0 Å². The molecule has 0 unspecified atom stereocenters. The number of carbonyl (C=O) groups is 1. The molecule has 172 valence electrons. The van der Waals surface area contributed by atoms with Crippen molar-refractivity contribution in [3.05, 3.63) is 65.1 Å².